The molecule has 2 aromatic heterocycles. The molecule has 0 radical (unpaired) electrons. The SMILES string of the molecule is Cc1cc2c3c(c1)N(c1ccc4c(c1)OCCO4)c1sc4ccc(C(C)(C)C)cc4c1B3c1c(sc3ccc(C(C)(C)C)cc13)N2c1ccc2c(c1)OCCO2. The van der Waals surface area contributed by atoms with Gasteiger partial charge in [-0.15, -0.1) is 22.7 Å². The molecule has 5 aromatic carbocycles. The maximum atomic E-state index is 6.21. The fraction of sp³-hybridized carbons (Fsp3) is 0.277. The molecule has 11 rings (SSSR count). The van der Waals surface area contributed by atoms with Crippen molar-refractivity contribution in [1.82, 2.24) is 0 Å². The molecule has 0 N–H and O–H groups in total. The summed E-state index contributed by atoms with van der Waals surface area (Å²) >= 11 is 3.79. The van der Waals surface area contributed by atoms with Gasteiger partial charge in [0.05, 0.1) is 21.4 Å². The van der Waals surface area contributed by atoms with Gasteiger partial charge in [-0.3, -0.25) is 0 Å². The third-order valence-corrected chi connectivity index (χ3v) is 14.1. The minimum atomic E-state index is -0.00315. The van der Waals surface area contributed by atoms with Crippen LogP contribution in [0.3, 0.4) is 0 Å². The van der Waals surface area contributed by atoms with E-state index in [1.54, 1.807) is 0 Å². The molecule has 0 saturated carbocycles. The predicted octanol–water partition coefficient (Wildman–Crippen LogP) is 10.6. The Kier molecular flexibility index (Phi) is 7.29. The van der Waals surface area contributed by atoms with E-state index in [1.165, 1.54) is 74.6 Å². The van der Waals surface area contributed by atoms with Gasteiger partial charge < -0.3 is 28.7 Å². The summed E-state index contributed by atoms with van der Waals surface area (Å²) in [5.41, 5.74) is 12.4. The number of aryl methyl sites for hydroxylation is 1. The molecule has 0 aliphatic carbocycles. The number of fused-ring (bicyclic) bond motifs is 10. The Morgan fingerprint density at radius 1 is 0.500 bits per heavy atom. The Bertz CT molecular complexity index is 2610. The summed E-state index contributed by atoms with van der Waals surface area (Å²) in [6.45, 7) is 18.3. The second-order valence-electron chi connectivity index (χ2n) is 17.5. The molecule has 0 spiro atoms. The van der Waals surface area contributed by atoms with Gasteiger partial charge in [-0.2, -0.15) is 0 Å². The third kappa shape index (κ3) is 5.06. The van der Waals surface area contributed by atoms with Crippen molar-refractivity contribution in [2.75, 3.05) is 36.2 Å². The zero-order valence-corrected chi connectivity index (χ0v) is 34.5. The highest BCUT2D eigenvalue weighted by Crippen LogP contribution is 2.52. The van der Waals surface area contributed by atoms with Crippen molar-refractivity contribution in [3.05, 3.63) is 102 Å². The first-order valence-corrected chi connectivity index (χ1v) is 21.2. The molecule has 280 valence electrons. The Labute approximate surface area is 336 Å². The van der Waals surface area contributed by atoms with E-state index in [0.29, 0.717) is 26.4 Å². The largest absolute Gasteiger partial charge is 0.486 e. The van der Waals surface area contributed by atoms with E-state index in [-0.39, 0.29) is 17.5 Å². The molecule has 7 aromatic rings. The fourth-order valence-electron chi connectivity index (χ4n) is 8.96. The molecule has 56 heavy (non-hydrogen) atoms. The first-order chi connectivity index (χ1) is 26.9. The van der Waals surface area contributed by atoms with Crippen molar-refractivity contribution in [2.24, 2.45) is 0 Å². The van der Waals surface area contributed by atoms with Gasteiger partial charge in [-0.1, -0.05) is 65.8 Å². The van der Waals surface area contributed by atoms with Crippen LogP contribution in [0.25, 0.3) is 20.2 Å². The highest BCUT2D eigenvalue weighted by molar-refractivity contribution is 7.29. The molecule has 0 bridgehead atoms. The molecule has 0 unspecified atom stereocenters. The van der Waals surface area contributed by atoms with Crippen LogP contribution in [-0.2, 0) is 10.8 Å². The Hall–Kier alpha value is -5.12. The minimum Gasteiger partial charge on any atom is -0.486 e. The lowest BCUT2D eigenvalue weighted by Crippen LogP contribution is -2.60. The molecule has 0 fully saturated rings. The molecule has 9 heteroatoms. The Balaban J connectivity index is 1.27. The standard InChI is InChI=1S/C47H43BN2O4S2/c1-26-20-33-43-34(21-26)50(30-11-13-36-38(25-30)54-19-17-52-36)45-42(32-23-28(47(5,6)7)9-15-40(32)56-45)48(43)41-31-22-27(46(2,3)4)8-14-39(31)55-44(41)49(33)29-10-12-35-37(24-29)53-18-16-51-35/h8-15,20-25H,16-19H2,1-7H3. The summed E-state index contributed by atoms with van der Waals surface area (Å²) in [4.78, 5) is 5.00. The Morgan fingerprint density at radius 3 is 1.36 bits per heavy atom. The predicted molar refractivity (Wildman–Crippen MR) is 235 cm³/mol. The summed E-state index contributed by atoms with van der Waals surface area (Å²) in [6.07, 6.45) is 0. The van der Waals surface area contributed by atoms with E-state index in [9.17, 15) is 0 Å². The van der Waals surface area contributed by atoms with Crippen LogP contribution in [0.4, 0.5) is 32.8 Å². The van der Waals surface area contributed by atoms with Crippen molar-refractivity contribution in [1.29, 1.82) is 0 Å². The van der Waals surface area contributed by atoms with Gasteiger partial charge in [0.2, 0.25) is 0 Å². The smallest absolute Gasteiger partial charge is 0.256 e. The molecular formula is C47H43BN2O4S2. The summed E-state index contributed by atoms with van der Waals surface area (Å²) in [6, 6.07) is 32.0. The number of nitrogens with zero attached hydrogens (tertiary/aromatic N) is 2. The van der Waals surface area contributed by atoms with Crippen LogP contribution < -0.4 is 45.1 Å². The van der Waals surface area contributed by atoms with Crippen LogP contribution in [-0.4, -0.2) is 33.1 Å². The second kappa shape index (κ2) is 11.9. The molecular weight excluding hydrogens is 731 g/mol. The van der Waals surface area contributed by atoms with Crippen LogP contribution in [0.15, 0.2) is 84.9 Å². The van der Waals surface area contributed by atoms with Gasteiger partial charge in [0.25, 0.3) is 6.71 Å². The van der Waals surface area contributed by atoms with E-state index in [2.05, 4.69) is 143 Å². The lowest BCUT2D eigenvalue weighted by atomic mass is 9.33. The summed E-state index contributed by atoms with van der Waals surface area (Å²) in [5.74, 6) is 3.16. The van der Waals surface area contributed by atoms with Crippen molar-refractivity contribution in [2.45, 2.75) is 59.3 Å². The van der Waals surface area contributed by atoms with E-state index in [4.69, 9.17) is 18.9 Å². The lowest BCUT2D eigenvalue weighted by molar-refractivity contribution is 0.171. The van der Waals surface area contributed by atoms with Gasteiger partial charge in [0.15, 0.2) is 23.0 Å². The number of anilines is 6. The van der Waals surface area contributed by atoms with Crippen molar-refractivity contribution >= 4 is 98.7 Å². The van der Waals surface area contributed by atoms with E-state index < -0.39 is 0 Å². The zero-order valence-electron chi connectivity index (χ0n) is 32.8. The third-order valence-electron chi connectivity index (χ3n) is 11.7. The maximum Gasteiger partial charge on any atom is 0.256 e. The van der Waals surface area contributed by atoms with Crippen molar-refractivity contribution < 1.29 is 18.9 Å². The Morgan fingerprint density at radius 2 is 0.929 bits per heavy atom. The van der Waals surface area contributed by atoms with Crippen molar-refractivity contribution in [3.63, 3.8) is 0 Å². The molecule has 0 saturated heterocycles. The van der Waals surface area contributed by atoms with Crippen LogP contribution in [0.1, 0.15) is 58.2 Å². The number of hydrogen-bond donors (Lipinski definition) is 0. The molecule has 6 nitrogen and oxygen atoms in total. The normalized spacial score (nSPS) is 15.6. The van der Waals surface area contributed by atoms with Gasteiger partial charge in [-0.05, 0) is 110 Å². The quantitative estimate of drug-likeness (QED) is 0.163. The van der Waals surface area contributed by atoms with Gasteiger partial charge in [-0.25, -0.2) is 0 Å². The van der Waals surface area contributed by atoms with E-state index >= 15 is 0 Å². The molecule has 4 aliphatic heterocycles. The van der Waals surface area contributed by atoms with Crippen LogP contribution in [0.2, 0.25) is 0 Å². The number of hydrogen-bond acceptors (Lipinski definition) is 8. The fourth-order valence-corrected chi connectivity index (χ4v) is 11.5. The van der Waals surface area contributed by atoms with Gasteiger partial charge in [0.1, 0.15) is 26.4 Å². The van der Waals surface area contributed by atoms with E-state index in [1.807, 2.05) is 22.7 Å². The molecule has 6 heterocycles. The molecule has 0 atom stereocenters. The topological polar surface area (TPSA) is 43.4 Å². The lowest BCUT2D eigenvalue weighted by Gasteiger charge is -2.42. The number of benzene rings is 5. The van der Waals surface area contributed by atoms with Crippen LogP contribution in [0.5, 0.6) is 23.0 Å². The van der Waals surface area contributed by atoms with Gasteiger partial charge >= 0.3 is 0 Å². The summed E-state index contributed by atoms with van der Waals surface area (Å²) < 4.78 is 27.0. The first kappa shape index (κ1) is 34.2. The highest BCUT2D eigenvalue weighted by Gasteiger charge is 2.47. The summed E-state index contributed by atoms with van der Waals surface area (Å²) in [7, 11) is 0. The average molecular weight is 775 g/mol. The zero-order chi connectivity index (χ0) is 38.2. The molecule has 0 amide bonds. The van der Waals surface area contributed by atoms with Gasteiger partial charge in [0, 0.05) is 32.9 Å². The van der Waals surface area contributed by atoms with Crippen LogP contribution >= 0.6 is 22.7 Å². The van der Waals surface area contributed by atoms with E-state index in [0.717, 1.165) is 34.4 Å². The first-order valence-electron chi connectivity index (χ1n) is 19.6. The highest BCUT2D eigenvalue weighted by atomic mass is 32.1. The van der Waals surface area contributed by atoms with Crippen molar-refractivity contribution in [3.8, 4) is 23.0 Å². The maximum absolute atomic E-state index is 6.21. The monoisotopic (exact) mass is 774 g/mol. The number of thiophene rings is 2. The molecule has 4 aliphatic rings. The summed E-state index contributed by atoms with van der Waals surface area (Å²) in [5, 5.41) is 5.16. The second-order valence-corrected chi connectivity index (χ2v) is 19.6. The average Bonchev–Trinajstić information content (AvgIpc) is 3.75. The number of rotatable bonds is 2. The minimum absolute atomic E-state index is 0.000424. The van der Waals surface area contributed by atoms with Crippen LogP contribution in [0, 0.1) is 6.92 Å². The number of ether oxygens (including phenoxy) is 4.